The van der Waals surface area contributed by atoms with Gasteiger partial charge in [0.15, 0.2) is 0 Å². The highest BCUT2D eigenvalue weighted by Gasteiger charge is 2.06. The number of rotatable bonds is 9. The third-order valence-electron chi connectivity index (χ3n) is 3.28. The average molecular weight is 237 g/mol. The maximum atomic E-state index is 4.19. The van der Waals surface area contributed by atoms with Crippen LogP contribution in [-0.2, 0) is 13.5 Å². The van der Waals surface area contributed by atoms with Gasteiger partial charge in [-0.15, -0.1) is 0 Å². The number of aromatic nitrogens is 2. The van der Waals surface area contributed by atoms with E-state index in [9.17, 15) is 0 Å². The van der Waals surface area contributed by atoms with Gasteiger partial charge in [0.1, 0.15) is 0 Å². The smallest absolute Gasteiger partial charge is 0.0492 e. The van der Waals surface area contributed by atoms with E-state index in [1.807, 2.05) is 17.9 Å². The molecule has 1 atom stereocenters. The molecule has 0 aliphatic carbocycles. The number of unbranched alkanes of at least 4 members (excludes halogenated alkanes) is 1. The molecule has 0 spiro atoms. The Morgan fingerprint density at radius 3 is 2.71 bits per heavy atom. The Labute approximate surface area is 106 Å². The summed E-state index contributed by atoms with van der Waals surface area (Å²) < 4.78 is 1.96. The molecule has 0 saturated carbocycles. The highest BCUT2D eigenvalue weighted by Crippen LogP contribution is 2.07. The predicted octanol–water partition coefficient (Wildman–Crippen LogP) is 2.91. The molecule has 0 aliphatic rings. The van der Waals surface area contributed by atoms with Crippen LogP contribution in [0.15, 0.2) is 12.3 Å². The predicted molar refractivity (Wildman–Crippen MR) is 73.1 cm³/mol. The summed E-state index contributed by atoms with van der Waals surface area (Å²) in [5.41, 5.74) is 1.31. The summed E-state index contributed by atoms with van der Waals surface area (Å²) in [5.74, 6) is 0. The molecule has 1 aromatic heterocycles. The molecule has 0 radical (unpaired) electrons. The van der Waals surface area contributed by atoms with Gasteiger partial charge in [-0.3, -0.25) is 4.68 Å². The van der Waals surface area contributed by atoms with Gasteiger partial charge in [-0.25, -0.2) is 0 Å². The summed E-state index contributed by atoms with van der Waals surface area (Å²) in [6.45, 7) is 5.59. The lowest BCUT2D eigenvalue weighted by Gasteiger charge is -2.17. The van der Waals surface area contributed by atoms with E-state index >= 15 is 0 Å². The number of hydrogen-bond acceptors (Lipinski definition) is 2. The largest absolute Gasteiger partial charge is 0.314 e. The van der Waals surface area contributed by atoms with E-state index in [1.54, 1.807) is 0 Å². The van der Waals surface area contributed by atoms with Gasteiger partial charge in [-0.05, 0) is 18.9 Å². The van der Waals surface area contributed by atoms with Crippen molar-refractivity contribution in [2.75, 3.05) is 6.54 Å². The van der Waals surface area contributed by atoms with Crippen molar-refractivity contribution in [1.82, 2.24) is 15.1 Å². The Balaban J connectivity index is 2.24. The van der Waals surface area contributed by atoms with Gasteiger partial charge >= 0.3 is 0 Å². The third-order valence-corrected chi connectivity index (χ3v) is 3.28. The Kier molecular flexibility index (Phi) is 6.94. The molecule has 0 amide bonds. The highest BCUT2D eigenvalue weighted by molar-refractivity contribution is 5.00. The number of aryl methyl sites for hydroxylation is 1. The quantitative estimate of drug-likeness (QED) is 0.715. The van der Waals surface area contributed by atoms with Crippen LogP contribution in [0.2, 0.25) is 0 Å². The van der Waals surface area contributed by atoms with Crippen LogP contribution in [0, 0.1) is 0 Å². The monoisotopic (exact) mass is 237 g/mol. The Bertz CT molecular complexity index is 293. The van der Waals surface area contributed by atoms with Crippen molar-refractivity contribution in [2.24, 2.45) is 7.05 Å². The Morgan fingerprint density at radius 2 is 2.12 bits per heavy atom. The number of hydrogen-bond donors (Lipinski definition) is 1. The maximum Gasteiger partial charge on any atom is 0.0492 e. The molecule has 0 fully saturated rings. The molecule has 1 unspecified atom stereocenters. The topological polar surface area (TPSA) is 29.9 Å². The van der Waals surface area contributed by atoms with Crippen LogP contribution in [0.25, 0.3) is 0 Å². The fourth-order valence-corrected chi connectivity index (χ4v) is 2.20. The molecule has 1 aromatic rings. The van der Waals surface area contributed by atoms with Gasteiger partial charge in [-0.1, -0.05) is 33.1 Å². The van der Waals surface area contributed by atoms with Gasteiger partial charge in [0.05, 0.1) is 0 Å². The van der Waals surface area contributed by atoms with Crippen LogP contribution in [-0.4, -0.2) is 22.4 Å². The molecule has 0 saturated heterocycles. The normalized spacial score (nSPS) is 12.9. The van der Waals surface area contributed by atoms with Gasteiger partial charge in [0.25, 0.3) is 0 Å². The molecule has 0 bridgehead atoms. The molecule has 1 rings (SSSR count). The fraction of sp³-hybridized carbons (Fsp3) is 0.786. The molecular weight excluding hydrogens is 210 g/mol. The second-order valence-corrected chi connectivity index (χ2v) is 4.78. The van der Waals surface area contributed by atoms with Crippen LogP contribution in [0.5, 0.6) is 0 Å². The van der Waals surface area contributed by atoms with Crippen LogP contribution in [0.1, 0.15) is 51.6 Å². The third kappa shape index (κ3) is 5.35. The lowest BCUT2D eigenvalue weighted by Crippen LogP contribution is -2.31. The summed E-state index contributed by atoms with van der Waals surface area (Å²) in [4.78, 5) is 0. The fourth-order valence-electron chi connectivity index (χ4n) is 2.20. The zero-order chi connectivity index (χ0) is 12.5. The number of nitrogens with zero attached hydrogens (tertiary/aromatic N) is 2. The minimum Gasteiger partial charge on any atom is -0.314 e. The first-order valence-electron chi connectivity index (χ1n) is 6.98. The van der Waals surface area contributed by atoms with Gasteiger partial charge < -0.3 is 5.32 Å². The van der Waals surface area contributed by atoms with E-state index in [0.717, 1.165) is 13.0 Å². The van der Waals surface area contributed by atoms with Crippen molar-refractivity contribution in [3.05, 3.63) is 18.0 Å². The highest BCUT2D eigenvalue weighted by atomic mass is 15.3. The Morgan fingerprint density at radius 1 is 1.29 bits per heavy atom. The minimum atomic E-state index is 0.702. The summed E-state index contributed by atoms with van der Waals surface area (Å²) in [5, 5.41) is 7.87. The van der Waals surface area contributed by atoms with Crippen molar-refractivity contribution in [1.29, 1.82) is 0 Å². The standard InChI is InChI=1S/C14H27N3/c1-4-6-8-13(7-5-2)15-11-9-14-10-12-16-17(14)3/h10,12-13,15H,4-9,11H2,1-3H3. The molecular formula is C14H27N3. The van der Waals surface area contributed by atoms with E-state index in [0.29, 0.717) is 6.04 Å². The average Bonchev–Trinajstić information content (AvgIpc) is 2.72. The maximum absolute atomic E-state index is 4.19. The van der Waals surface area contributed by atoms with Crippen molar-refractivity contribution in [3.63, 3.8) is 0 Å². The number of nitrogens with one attached hydrogen (secondary N) is 1. The van der Waals surface area contributed by atoms with Crippen LogP contribution in [0.4, 0.5) is 0 Å². The van der Waals surface area contributed by atoms with Crippen molar-refractivity contribution in [3.8, 4) is 0 Å². The van der Waals surface area contributed by atoms with Crippen molar-refractivity contribution in [2.45, 2.75) is 58.4 Å². The molecule has 0 aromatic carbocycles. The first kappa shape index (κ1) is 14.2. The minimum absolute atomic E-state index is 0.702. The van der Waals surface area contributed by atoms with E-state index < -0.39 is 0 Å². The molecule has 1 heterocycles. The second kappa shape index (κ2) is 8.29. The molecule has 3 heteroatoms. The summed E-state index contributed by atoms with van der Waals surface area (Å²) in [6.07, 6.45) is 9.46. The van der Waals surface area contributed by atoms with Gasteiger partial charge in [0, 0.05) is 37.9 Å². The van der Waals surface area contributed by atoms with Gasteiger partial charge in [-0.2, -0.15) is 5.10 Å². The zero-order valence-electron chi connectivity index (χ0n) is 11.6. The van der Waals surface area contributed by atoms with Crippen molar-refractivity contribution < 1.29 is 0 Å². The molecule has 98 valence electrons. The SMILES string of the molecule is CCCCC(CCC)NCCc1ccnn1C. The van der Waals surface area contributed by atoms with Crippen molar-refractivity contribution >= 4 is 0 Å². The summed E-state index contributed by atoms with van der Waals surface area (Å²) >= 11 is 0. The van der Waals surface area contributed by atoms with E-state index in [1.165, 1.54) is 37.8 Å². The van der Waals surface area contributed by atoms with E-state index in [-0.39, 0.29) is 0 Å². The van der Waals surface area contributed by atoms with E-state index in [2.05, 4.69) is 30.3 Å². The molecule has 0 aliphatic heterocycles. The zero-order valence-corrected chi connectivity index (χ0v) is 11.6. The molecule has 1 N–H and O–H groups in total. The van der Waals surface area contributed by atoms with Gasteiger partial charge in [0.2, 0.25) is 0 Å². The first-order chi connectivity index (χ1) is 8.27. The molecule has 3 nitrogen and oxygen atoms in total. The van der Waals surface area contributed by atoms with Crippen LogP contribution < -0.4 is 5.32 Å². The second-order valence-electron chi connectivity index (χ2n) is 4.78. The van der Waals surface area contributed by atoms with Crippen LogP contribution in [0.3, 0.4) is 0 Å². The lowest BCUT2D eigenvalue weighted by atomic mass is 10.1. The van der Waals surface area contributed by atoms with E-state index in [4.69, 9.17) is 0 Å². The summed E-state index contributed by atoms with van der Waals surface area (Å²) in [6, 6.07) is 2.80. The molecule has 17 heavy (non-hydrogen) atoms. The summed E-state index contributed by atoms with van der Waals surface area (Å²) in [7, 11) is 2.01. The lowest BCUT2D eigenvalue weighted by molar-refractivity contribution is 0.435. The van der Waals surface area contributed by atoms with Crippen LogP contribution >= 0.6 is 0 Å². The first-order valence-corrected chi connectivity index (χ1v) is 6.98. The Hall–Kier alpha value is -0.830.